The van der Waals surface area contributed by atoms with Crippen LogP contribution in [-0.2, 0) is 6.54 Å². The highest BCUT2D eigenvalue weighted by molar-refractivity contribution is 5.70. The van der Waals surface area contributed by atoms with Crippen molar-refractivity contribution in [3.63, 3.8) is 0 Å². The van der Waals surface area contributed by atoms with E-state index in [1.165, 1.54) is 22.8 Å². The van der Waals surface area contributed by atoms with Gasteiger partial charge in [0.1, 0.15) is 5.82 Å². The molecule has 20 heavy (non-hydrogen) atoms. The molecule has 0 unspecified atom stereocenters. The summed E-state index contributed by atoms with van der Waals surface area (Å²) < 4.78 is 13.2. The number of aryl methyl sites for hydroxylation is 2. The van der Waals surface area contributed by atoms with Gasteiger partial charge >= 0.3 is 0 Å². The molecular formula is C18H22FN. The van der Waals surface area contributed by atoms with Gasteiger partial charge in [0.25, 0.3) is 0 Å². The van der Waals surface area contributed by atoms with Crippen LogP contribution in [0.4, 0.5) is 4.39 Å². The monoisotopic (exact) mass is 271 g/mol. The molecule has 0 atom stereocenters. The van der Waals surface area contributed by atoms with E-state index >= 15 is 0 Å². The fourth-order valence-corrected chi connectivity index (χ4v) is 2.48. The molecule has 0 radical (unpaired) electrons. The Balaban J connectivity index is 2.25. The van der Waals surface area contributed by atoms with Gasteiger partial charge in [-0.2, -0.15) is 0 Å². The third-order valence-corrected chi connectivity index (χ3v) is 3.53. The summed E-state index contributed by atoms with van der Waals surface area (Å²) in [6, 6.07) is 11.5. The average Bonchev–Trinajstić information content (AvgIpc) is 2.40. The van der Waals surface area contributed by atoms with Gasteiger partial charge < -0.3 is 5.32 Å². The summed E-state index contributed by atoms with van der Waals surface area (Å²) in [6.07, 6.45) is 1.14. The zero-order chi connectivity index (χ0) is 14.5. The Morgan fingerprint density at radius 1 is 0.950 bits per heavy atom. The van der Waals surface area contributed by atoms with Crippen LogP contribution < -0.4 is 5.32 Å². The van der Waals surface area contributed by atoms with Crippen LogP contribution in [0, 0.1) is 19.7 Å². The Labute approximate surface area is 120 Å². The van der Waals surface area contributed by atoms with Gasteiger partial charge in [0.05, 0.1) is 0 Å². The van der Waals surface area contributed by atoms with E-state index in [9.17, 15) is 4.39 Å². The first-order valence-electron chi connectivity index (χ1n) is 7.18. The third kappa shape index (κ3) is 3.45. The van der Waals surface area contributed by atoms with Gasteiger partial charge in [-0.3, -0.25) is 0 Å². The van der Waals surface area contributed by atoms with Crippen molar-refractivity contribution in [3.05, 3.63) is 58.9 Å². The smallest absolute Gasteiger partial charge is 0.123 e. The van der Waals surface area contributed by atoms with Crippen molar-refractivity contribution in [2.24, 2.45) is 0 Å². The molecular weight excluding hydrogens is 249 g/mol. The lowest BCUT2D eigenvalue weighted by atomic mass is 9.95. The molecule has 0 bridgehead atoms. The van der Waals surface area contributed by atoms with Crippen LogP contribution >= 0.6 is 0 Å². The molecule has 0 heterocycles. The van der Waals surface area contributed by atoms with Gasteiger partial charge in [-0.25, -0.2) is 4.39 Å². The number of halogens is 1. The lowest BCUT2D eigenvalue weighted by molar-refractivity contribution is 0.627. The van der Waals surface area contributed by atoms with Crippen LogP contribution in [0.2, 0.25) is 0 Å². The number of benzene rings is 2. The number of hydrogen-bond donors (Lipinski definition) is 1. The Kier molecular flexibility index (Phi) is 4.91. The van der Waals surface area contributed by atoms with Crippen LogP contribution in [0.25, 0.3) is 11.1 Å². The second kappa shape index (κ2) is 6.67. The molecule has 106 valence electrons. The number of rotatable bonds is 5. The summed E-state index contributed by atoms with van der Waals surface area (Å²) in [5.41, 5.74) is 5.79. The first-order chi connectivity index (χ1) is 9.61. The number of hydrogen-bond acceptors (Lipinski definition) is 1. The fourth-order valence-electron chi connectivity index (χ4n) is 2.48. The summed E-state index contributed by atoms with van der Waals surface area (Å²) >= 11 is 0. The maximum absolute atomic E-state index is 13.2. The lowest BCUT2D eigenvalue weighted by Crippen LogP contribution is -2.13. The lowest BCUT2D eigenvalue weighted by Gasteiger charge is -2.12. The molecule has 2 rings (SSSR count). The zero-order valence-corrected chi connectivity index (χ0v) is 12.5. The van der Waals surface area contributed by atoms with E-state index < -0.39 is 0 Å². The zero-order valence-electron chi connectivity index (χ0n) is 12.5. The molecule has 0 fully saturated rings. The van der Waals surface area contributed by atoms with Crippen LogP contribution in [0.1, 0.15) is 30.0 Å². The molecule has 0 aromatic heterocycles. The van der Waals surface area contributed by atoms with Crippen molar-refractivity contribution in [1.82, 2.24) is 5.32 Å². The van der Waals surface area contributed by atoms with Gasteiger partial charge in [-0.05, 0) is 66.8 Å². The van der Waals surface area contributed by atoms with E-state index in [0.29, 0.717) is 0 Å². The Morgan fingerprint density at radius 3 is 2.20 bits per heavy atom. The molecule has 0 saturated carbocycles. The predicted molar refractivity (Wildman–Crippen MR) is 83.3 cm³/mol. The Morgan fingerprint density at radius 2 is 1.60 bits per heavy atom. The summed E-state index contributed by atoms with van der Waals surface area (Å²) in [6.45, 7) is 8.17. The summed E-state index contributed by atoms with van der Waals surface area (Å²) in [5, 5.41) is 3.41. The molecule has 2 aromatic carbocycles. The van der Waals surface area contributed by atoms with Crippen molar-refractivity contribution >= 4 is 0 Å². The van der Waals surface area contributed by atoms with E-state index in [0.717, 1.165) is 30.6 Å². The molecule has 2 heteroatoms. The van der Waals surface area contributed by atoms with Gasteiger partial charge in [0.15, 0.2) is 0 Å². The standard InChI is InChI=1S/C18H22FN/c1-4-9-20-12-15-5-7-17(13(2)10-15)18-8-6-16(19)11-14(18)3/h5-8,10-11,20H,4,9,12H2,1-3H3. The number of nitrogens with one attached hydrogen (secondary N) is 1. The highest BCUT2D eigenvalue weighted by Crippen LogP contribution is 2.27. The van der Waals surface area contributed by atoms with Gasteiger partial charge in [0, 0.05) is 6.54 Å². The highest BCUT2D eigenvalue weighted by atomic mass is 19.1. The van der Waals surface area contributed by atoms with Crippen molar-refractivity contribution in [2.75, 3.05) is 6.54 Å². The molecule has 0 amide bonds. The SMILES string of the molecule is CCCNCc1ccc(-c2ccc(F)cc2C)c(C)c1. The summed E-state index contributed by atoms with van der Waals surface area (Å²) in [4.78, 5) is 0. The van der Waals surface area contributed by atoms with E-state index in [1.807, 2.05) is 13.0 Å². The Hall–Kier alpha value is -1.67. The highest BCUT2D eigenvalue weighted by Gasteiger charge is 2.06. The van der Waals surface area contributed by atoms with E-state index in [2.05, 4.69) is 37.4 Å². The molecule has 0 aliphatic heterocycles. The van der Waals surface area contributed by atoms with E-state index in [1.54, 1.807) is 6.07 Å². The van der Waals surface area contributed by atoms with Crippen molar-refractivity contribution in [3.8, 4) is 11.1 Å². The van der Waals surface area contributed by atoms with Crippen molar-refractivity contribution in [2.45, 2.75) is 33.7 Å². The molecule has 2 aromatic rings. The second-order valence-corrected chi connectivity index (χ2v) is 5.29. The fraction of sp³-hybridized carbons (Fsp3) is 0.333. The topological polar surface area (TPSA) is 12.0 Å². The molecule has 0 aliphatic rings. The molecule has 0 spiro atoms. The van der Waals surface area contributed by atoms with E-state index in [-0.39, 0.29) is 5.82 Å². The van der Waals surface area contributed by atoms with Crippen LogP contribution in [0.5, 0.6) is 0 Å². The van der Waals surface area contributed by atoms with Crippen LogP contribution in [0.15, 0.2) is 36.4 Å². The normalized spacial score (nSPS) is 10.8. The molecule has 1 nitrogen and oxygen atoms in total. The first-order valence-corrected chi connectivity index (χ1v) is 7.18. The Bertz CT molecular complexity index is 590. The van der Waals surface area contributed by atoms with Gasteiger partial charge in [0.2, 0.25) is 0 Å². The molecule has 0 saturated heterocycles. The minimum atomic E-state index is -0.177. The van der Waals surface area contributed by atoms with Crippen LogP contribution in [-0.4, -0.2) is 6.54 Å². The maximum atomic E-state index is 13.2. The largest absolute Gasteiger partial charge is 0.313 e. The van der Waals surface area contributed by atoms with Crippen molar-refractivity contribution in [1.29, 1.82) is 0 Å². The minimum Gasteiger partial charge on any atom is -0.313 e. The first kappa shape index (κ1) is 14.7. The average molecular weight is 271 g/mol. The summed E-state index contributed by atoms with van der Waals surface area (Å²) in [5.74, 6) is -0.177. The quantitative estimate of drug-likeness (QED) is 0.783. The second-order valence-electron chi connectivity index (χ2n) is 5.29. The van der Waals surface area contributed by atoms with Crippen molar-refractivity contribution < 1.29 is 4.39 Å². The molecule has 1 N–H and O–H groups in total. The van der Waals surface area contributed by atoms with E-state index in [4.69, 9.17) is 0 Å². The summed E-state index contributed by atoms with van der Waals surface area (Å²) in [7, 11) is 0. The van der Waals surface area contributed by atoms with Crippen LogP contribution in [0.3, 0.4) is 0 Å². The predicted octanol–water partition coefficient (Wildman–Crippen LogP) is 4.61. The third-order valence-electron chi connectivity index (χ3n) is 3.53. The van der Waals surface area contributed by atoms with Gasteiger partial charge in [-0.1, -0.05) is 31.2 Å². The van der Waals surface area contributed by atoms with Gasteiger partial charge in [-0.15, -0.1) is 0 Å². The minimum absolute atomic E-state index is 0.177. The molecule has 0 aliphatic carbocycles. The maximum Gasteiger partial charge on any atom is 0.123 e.